The van der Waals surface area contributed by atoms with E-state index < -0.39 is 37.3 Å². The van der Waals surface area contributed by atoms with Crippen molar-refractivity contribution < 1.29 is 44.8 Å². The molecule has 0 aliphatic carbocycles. The molecule has 1 fully saturated rings. The average Bonchev–Trinajstić information content (AvgIpc) is 2.88. The van der Waals surface area contributed by atoms with Gasteiger partial charge in [-0.2, -0.15) is 0 Å². The summed E-state index contributed by atoms with van der Waals surface area (Å²) in [6, 6.07) is 19.1. The first kappa shape index (κ1) is 25.9. The number of aliphatic hydroxyl groups excluding tert-OH is 4. The summed E-state index contributed by atoms with van der Waals surface area (Å²) in [6.45, 7) is 0.140. The number of ether oxygens (including phenoxy) is 3. The van der Waals surface area contributed by atoms with E-state index in [0.29, 0.717) is 25.4 Å². The molecule has 6 N–H and O–H groups in total. The average molecular weight is 499 g/mol. The fourth-order valence-corrected chi connectivity index (χ4v) is 3.95. The van der Waals surface area contributed by atoms with Gasteiger partial charge in [-0.1, -0.05) is 30.3 Å². The largest absolute Gasteiger partial charge is 0.508 e. The zero-order chi connectivity index (χ0) is 25.7. The lowest BCUT2D eigenvalue weighted by molar-refractivity contribution is -0.277. The van der Waals surface area contributed by atoms with Gasteiger partial charge in [0.15, 0.2) is 0 Å². The van der Waals surface area contributed by atoms with Crippen molar-refractivity contribution in [2.75, 3.05) is 6.61 Å². The van der Waals surface area contributed by atoms with Crippen LogP contribution in [0.25, 0.3) is 0 Å². The first-order valence-corrected chi connectivity index (χ1v) is 11.6. The van der Waals surface area contributed by atoms with Crippen molar-refractivity contribution in [3.05, 3.63) is 89.0 Å². The molecule has 1 saturated heterocycles. The molecule has 9 heteroatoms. The number of hydrogen-bond acceptors (Lipinski definition) is 9. The van der Waals surface area contributed by atoms with Gasteiger partial charge in [0.2, 0.25) is 6.29 Å². The van der Waals surface area contributed by atoms with Crippen LogP contribution < -0.4 is 4.74 Å². The molecular weight excluding hydrogens is 468 g/mol. The highest BCUT2D eigenvalue weighted by atomic mass is 16.7. The highest BCUT2D eigenvalue weighted by Crippen LogP contribution is 2.26. The second-order valence-corrected chi connectivity index (χ2v) is 8.76. The monoisotopic (exact) mass is 498 g/mol. The third-order valence-electron chi connectivity index (χ3n) is 6.04. The van der Waals surface area contributed by atoms with Crippen LogP contribution in [-0.4, -0.2) is 68.0 Å². The number of phenols is 2. The van der Waals surface area contributed by atoms with Crippen molar-refractivity contribution in [3.63, 3.8) is 0 Å². The van der Waals surface area contributed by atoms with Gasteiger partial charge in [0, 0.05) is 6.42 Å². The molecule has 0 unspecified atom stereocenters. The van der Waals surface area contributed by atoms with Gasteiger partial charge < -0.3 is 44.8 Å². The smallest absolute Gasteiger partial charge is 0.229 e. The number of rotatable bonds is 9. The molecule has 3 aromatic carbocycles. The Bertz CT molecular complexity index is 1120. The van der Waals surface area contributed by atoms with Crippen LogP contribution in [0.3, 0.4) is 0 Å². The maximum absolute atomic E-state index is 10.2. The van der Waals surface area contributed by atoms with E-state index in [1.807, 2.05) is 18.2 Å². The molecule has 1 heterocycles. The molecule has 1 aliphatic rings. The summed E-state index contributed by atoms with van der Waals surface area (Å²) in [6.07, 6.45) is -6.18. The molecule has 5 atom stereocenters. The lowest BCUT2D eigenvalue weighted by atomic mass is 9.99. The molecule has 0 bridgehead atoms. The Morgan fingerprint density at radius 2 is 1.36 bits per heavy atom. The molecule has 192 valence electrons. The van der Waals surface area contributed by atoms with E-state index in [1.54, 1.807) is 48.5 Å². The summed E-state index contributed by atoms with van der Waals surface area (Å²) in [5.74, 6) is 0.765. The van der Waals surface area contributed by atoms with E-state index in [9.17, 15) is 30.6 Å². The van der Waals surface area contributed by atoms with Crippen LogP contribution in [0.2, 0.25) is 0 Å². The highest BCUT2D eigenvalue weighted by Gasteiger charge is 2.44. The predicted octanol–water partition coefficient (Wildman–Crippen LogP) is 1.58. The van der Waals surface area contributed by atoms with E-state index >= 15 is 0 Å². The minimum absolute atomic E-state index is 0.193. The Labute approximate surface area is 208 Å². The van der Waals surface area contributed by atoms with Crippen LogP contribution in [0.5, 0.6) is 17.2 Å². The quantitative estimate of drug-likeness (QED) is 0.259. The van der Waals surface area contributed by atoms with Crippen LogP contribution in [0.4, 0.5) is 0 Å². The third kappa shape index (κ3) is 6.33. The molecule has 0 aromatic heterocycles. The van der Waals surface area contributed by atoms with Crippen LogP contribution in [0.1, 0.15) is 22.3 Å². The summed E-state index contributed by atoms with van der Waals surface area (Å²) in [5, 5.41) is 58.8. The first-order valence-electron chi connectivity index (χ1n) is 11.6. The first-order chi connectivity index (χ1) is 17.3. The van der Waals surface area contributed by atoms with Crippen LogP contribution in [0.15, 0.2) is 66.7 Å². The Morgan fingerprint density at radius 3 is 2.06 bits per heavy atom. The highest BCUT2D eigenvalue weighted by molar-refractivity contribution is 5.40. The zero-order valence-corrected chi connectivity index (χ0v) is 19.5. The van der Waals surface area contributed by atoms with Gasteiger partial charge in [0.25, 0.3) is 0 Å². The molecular formula is C27H30O9. The molecule has 9 nitrogen and oxygen atoms in total. The van der Waals surface area contributed by atoms with Crippen molar-refractivity contribution in [3.8, 4) is 17.2 Å². The maximum Gasteiger partial charge on any atom is 0.229 e. The van der Waals surface area contributed by atoms with Crippen molar-refractivity contribution in [2.24, 2.45) is 0 Å². The van der Waals surface area contributed by atoms with Crippen LogP contribution in [0, 0.1) is 0 Å². The van der Waals surface area contributed by atoms with Gasteiger partial charge in [-0.15, -0.1) is 0 Å². The van der Waals surface area contributed by atoms with Gasteiger partial charge in [-0.25, -0.2) is 0 Å². The maximum atomic E-state index is 10.2. The van der Waals surface area contributed by atoms with Crippen molar-refractivity contribution in [1.82, 2.24) is 0 Å². The molecule has 0 radical (unpaired) electrons. The molecule has 3 aromatic rings. The van der Waals surface area contributed by atoms with Crippen molar-refractivity contribution in [1.29, 1.82) is 0 Å². The molecule has 0 amide bonds. The number of hydrogen-bond donors (Lipinski definition) is 6. The van der Waals surface area contributed by atoms with Gasteiger partial charge in [0.05, 0.1) is 19.8 Å². The van der Waals surface area contributed by atoms with Crippen LogP contribution >= 0.6 is 0 Å². The molecule has 36 heavy (non-hydrogen) atoms. The number of phenolic OH excluding ortho intramolecular Hbond substituents is 2. The van der Waals surface area contributed by atoms with Gasteiger partial charge in [0.1, 0.15) is 41.7 Å². The normalized spacial score (nSPS) is 23.9. The fourth-order valence-electron chi connectivity index (χ4n) is 3.95. The lowest BCUT2D eigenvalue weighted by Crippen LogP contribution is -2.60. The Kier molecular flexibility index (Phi) is 8.42. The molecule has 0 saturated carbocycles. The standard InChI is InChI=1S/C27H30O9/c28-13-23-24(31)25(32)26(33)27(36-23)35-21-8-3-17(4-9-21)14-34-15-18-5-10-22(30)19(12-18)11-16-1-6-20(29)7-2-16/h1-10,12,23-33H,11,13-15H2/t23-,24-,25+,26-,27-/m1/s1. The van der Waals surface area contributed by atoms with E-state index in [1.165, 1.54) is 0 Å². The van der Waals surface area contributed by atoms with Crippen LogP contribution in [-0.2, 0) is 29.1 Å². The van der Waals surface area contributed by atoms with Crippen molar-refractivity contribution in [2.45, 2.75) is 50.3 Å². The summed E-state index contributed by atoms with van der Waals surface area (Å²) >= 11 is 0. The second kappa shape index (κ2) is 11.7. The number of aromatic hydroxyl groups is 2. The minimum Gasteiger partial charge on any atom is -0.508 e. The summed E-state index contributed by atoms with van der Waals surface area (Å²) in [7, 11) is 0. The summed E-state index contributed by atoms with van der Waals surface area (Å²) in [5.41, 5.74) is 3.51. The van der Waals surface area contributed by atoms with Gasteiger partial charge in [-0.3, -0.25) is 0 Å². The molecule has 0 spiro atoms. The number of aliphatic hydroxyl groups is 4. The Morgan fingerprint density at radius 1 is 0.722 bits per heavy atom. The van der Waals surface area contributed by atoms with E-state index in [4.69, 9.17) is 14.2 Å². The van der Waals surface area contributed by atoms with Crippen molar-refractivity contribution >= 4 is 0 Å². The Balaban J connectivity index is 1.29. The lowest BCUT2D eigenvalue weighted by Gasteiger charge is -2.39. The second-order valence-electron chi connectivity index (χ2n) is 8.76. The zero-order valence-electron chi connectivity index (χ0n) is 19.5. The topological polar surface area (TPSA) is 149 Å². The van der Waals surface area contributed by atoms with E-state index in [-0.39, 0.29) is 11.5 Å². The van der Waals surface area contributed by atoms with Gasteiger partial charge >= 0.3 is 0 Å². The summed E-state index contributed by atoms with van der Waals surface area (Å²) < 4.78 is 16.8. The SMILES string of the molecule is OC[C@H]1O[C@@H](Oc2ccc(COCc3ccc(O)c(Cc4ccc(O)cc4)c3)cc2)[C@H](O)[C@@H](O)[C@@H]1O. The predicted molar refractivity (Wildman–Crippen MR) is 128 cm³/mol. The third-order valence-corrected chi connectivity index (χ3v) is 6.04. The fraction of sp³-hybridized carbons (Fsp3) is 0.333. The molecule has 1 aliphatic heterocycles. The summed E-state index contributed by atoms with van der Waals surface area (Å²) in [4.78, 5) is 0. The Hall–Kier alpha value is -3.18. The molecule has 4 rings (SSSR count). The van der Waals surface area contributed by atoms with E-state index in [0.717, 1.165) is 22.3 Å². The minimum atomic E-state index is -1.50. The number of benzene rings is 3. The van der Waals surface area contributed by atoms with E-state index in [2.05, 4.69) is 0 Å². The van der Waals surface area contributed by atoms with Gasteiger partial charge in [-0.05, 0) is 58.7 Å².